The first-order valence-electron chi connectivity index (χ1n) is 2.38. The van der Waals surface area contributed by atoms with Gasteiger partial charge in [0, 0.05) is 7.05 Å². The summed E-state index contributed by atoms with van der Waals surface area (Å²) in [6.45, 7) is 0. The van der Waals surface area contributed by atoms with Crippen molar-refractivity contribution >= 4 is 6.09 Å². The van der Waals surface area contributed by atoms with Crippen molar-refractivity contribution in [2.45, 2.75) is 12.8 Å². The Balaban J connectivity index is 3.57. The molecule has 0 aromatic carbocycles. The minimum Gasteiger partial charge on any atom is -0.409 e. The van der Waals surface area contributed by atoms with Gasteiger partial charge in [-0.15, -0.1) is 0 Å². The number of halogens is 3. The van der Waals surface area contributed by atoms with Gasteiger partial charge in [-0.1, -0.05) is 0 Å². The number of alkyl halides is 3. The van der Waals surface area contributed by atoms with Crippen LogP contribution in [0.15, 0.2) is 0 Å². The molecule has 0 saturated heterocycles. The molecule has 0 radical (unpaired) electrons. The molecule has 3 nitrogen and oxygen atoms in total. The fourth-order valence-electron chi connectivity index (χ4n) is 0.213. The predicted octanol–water partition coefficient (Wildman–Crippen LogP) is 0.903. The quantitative estimate of drug-likeness (QED) is 0.646. The van der Waals surface area contributed by atoms with Crippen LogP contribution in [-0.4, -0.2) is 25.9 Å². The number of alkyl carbamates (subject to hydrolysis) is 1. The lowest BCUT2D eigenvalue weighted by Gasteiger charge is -2.06. The third-order valence-electron chi connectivity index (χ3n) is 0.622. The standard InChI is InChI=1S/C4H6F3NO2/c1-8-4(9)10-3(7)2(5)6/h2-3H,1H3,(H,8,9). The first-order chi connectivity index (χ1) is 4.57. The number of nitrogens with one attached hydrogen (secondary N) is 1. The van der Waals surface area contributed by atoms with Gasteiger partial charge in [-0.25, -0.2) is 13.6 Å². The van der Waals surface area contributed by atoms with Crippen LogP contribution in [0, 0.1) is 0 Å². The molecule has 60 valence electrons. The summed E-state index contributed by atoms with van der Waals surface area (Å²) in [4.78, 5) is 10.0. The van der Waals surface area contributed by atoms with E-state index in [0.29, 0.717) is 0 Å². The average Bonchev–Trinajstić information content (AvgIpc) is 1.87. The third kappa shape index (κ3) is 3.16. The van der Waals surface area contributed by atoms with Crippen LogP contribution < -0.4 is 5.32 Å². The number of rotatable bonds is 2. The van der Waals surface area contributed by atoms with Gasteiger partial charge in [0.2, 0.25) is 0 Å². The van der Waals surface area contributed by atoms with Crippen molar-refractivity contribution in [1.82, 2.24) is 5.32 Å². The van der Waals surface area contributed by atoms with Crippen molar-refractivity contribution in [2.75, 3.05) is 7.05 Å². The maximum atomic E-state index is 11.7. The summed E-state index contributed by atoms with van der Waals surface area (Å²) in [6, 6.07) is 0. The molecule has 1 unspecified atom stereocenters. The van der Waals surface area contributed by atoms with E-state index in [1.165, 1.54) is 0 Å². The van der Waals surface area contributed by atoms with Gasteiger partial charge < -0.3 is 10.1 Å². The second-order valence-corrected chi connectivity index (χ2v) is 1.34. The molecule has 0 aromatic heterocycles. The zero-order chi connectivity index (χ0) is 8.15. The lowest BCUT2D eigenvalue weighted by Crippen LogP contribution is -2.27. The molecule has 1 N–H and O–H groups in total. The predicted molar refractivity (Wildman–Crippen MR) is 26.4 cm³/mol. The molecule has 0 spiro atoms. The van der Waals surface area contributed by atoms with E-state index < -0.39 is 18.9 Å². The molecule has 0 aromatic rings. The first kappa shape index (κ1) is 9.06. The average molecular weight is 157 g/mol. The molecule has 0 bridgehead atoms. The van der Waals surface area contributed by atoms with Crippen LogP contribution in [0.4, 0.5) is 18.0 Å². The van der Waals surface area contributed by atoms with Crippen LogP contribution in [-0.2, 0) is 4.74 Å². The largest absolute Gasteiger partial charge is 0.409 e. The van der Waals surface area contributed by atoms with Crippen LogP contribution in [0.5, 0.6) is 0 Å². The number of amides is 1. The van der Waals surface area contributed by atoms with Crippen LogP contribution in [0.3, 0.4) is 0 Å². The highest BCUT2D eigenvalue weighted by Crippen LogP contribution is 2.06. The molecule has 6 heteroatoms. The smallest absolute Gasteiger partial charge is 0.409 e. The van der Waals surface area contributed by atoms with E-state index in [1.807, 2.05) is 5.32 Å². The van der Waals surface area contributed by atoms with Crippen molar-refractivity contribution in [3.63, 3.8) is 0 Å². The van der Waals surface area contributed by atoms with E-state index in [1.54, 1.807) is 0 Å². The Morgan fingerprint density at radius 3 is 2.30 bits per heavy atom. The molecule has 1 amide bonds. The Bertz CT molecular complexity index is 119. The summed E-state index contributed by atoms with van der Waals surface area (Å²) < 4.78 is 37.7. The molecule has 0 aliphatic heterocycles. The van der Waals surface area contributed by atoms with Crippen molar-refractivity contribution in [3.05, 3.63) is 0 Å². The zero-order valence-corrected chi connectivity index (χ0v) is 5.11. The summed E-state index contributed by atoms with van der Waals surface area (Å²) in [5, 5.41) is 1.82. The minimum absolute atomic E-state index is 1.14. The van der Waals surface area contributed by atoms with Crippen LogP contribution in [0.1, 0.15) is 0 Å². The first-order valence-corrected chi connectivity index (χ1v) is 2.38. The van der Waals surface area contributed by atoms with Gasteiger partial charge in [0.15, 0.2) is 0 Å². The normalized spacial score (nSPS) is 12.9. The molecule has 10 heavy (non-hydrogen) atoms. The lowest BCUT2D eigenvalue weighted by molar-refractivity contribution is -0.0898. The maximum Gasteiger partial charge on any atom is 0.409 e. The van der Waals surface area contributed by atoms with Crippen molar-refractivity contribution in [2.24, 2.45) is 0 Å². The van der Waals surface area contributed by atoms with Gasteiger partial charge in [-0.05, 0) is 0 Å². The van der Waals surface area contributed by atoms with Gasteiger partial charge >= 0.3 is 18.9 Å². The van der Waals surface area contributed by atoms with E-state index in [4.69, 9.17) is 0 Å². The molecule has 0 aliphatic rings. The third-order valence-corrected chi connectivity index (χ3v) is 0.622. The highest BCUT2D eigenvalue weighted by Gasteiger charge is 2.22. The Kier molecular flexibility index (Phi) is 3.60. The van der Waals surface area contributed by atoms with E-state index in [0.717, 1.165) is 7.05 Å². The number of carbonyl (C=O) groups is 1. The van der Waals surface area contributed by atoms with E-state index in [2.05, 4.69) is 4.74 Å². The number of ether oxygens (including phenoxy) is 1. The van der Waals surface area contributed by atoms with Crippen molar-refractivity contribution in [1.29, 1.82) is 0 Å². The Morgan fingerprint density at radius 2 is 2.00 bits per heavy atom. The summed E-state index contributed by atoms with van der Waals surface area (Å²) in [6.07, 6.45) is -7.36. The Hall–Kier alpha value is -0.940. The van der Waals surface area contributed by atoms with E-state index in [9.17, 15) is 18.0 Å². The fourth-order valence-corrected chi connectivity index (χ4v) is 0.213. The second kappa shape index (κ2) is 3.97. The van der Waals surface area contributed by atoms with Gasteiger partial charge in [0.1, 0.15) is 0 Å². The molecule has 0 heterocycles. The molecular weight excluding hydrogens is 151 g/mol. The molecule has 0 rings (SSSR count). The number of hydrogen-bond donors (Lipinski definition) is 1. The number of carbonyl (C=O) groups excluding carboxylic acids is 1. The summed E-state index contributed by atoms with van der Waals surface area (Å²) in [5.41, 5.74) is 0. The molecule has 0 fully saturated rings. The Morgan fingerprint density at radius 1 is 1.50 bits per heavy atom. The van der Waals surface area contributed by atoms with Crippen molar-refractivity contribution < 1.29 is 22.7 Å². The Labute approximate surface area is 55.2 Å². The minimum atomic E-state index is -3.29. The summed E-state index contributed by atoms with van der Waals surface area (Å²) >= 11 is 0. The van der Waals surface area contributed by atoms with E-state index in [-0.39, 0.29) is 0 Å². The van der Waals surface area contributed by atoms with Crippen LogP contribution in [0.25, 0.3) is 0 Å². The van der Waals surface area contributed by atoms with Crippen LogP contribution in [0.2, 0.25) is 0 Å². The summed E-state index contributed by atoms with van der Waals surface area (Å²) in [5.74, 6) is 0. The van der Waals surface area contributed by atoms with Crippen molar-refractivity contribution in [3.8, 4) is 0 Å². The molecule has 0 saturated carbocycles. The zero-order valence-electron chi connectivity index (χ0n) is 5.11. The molecular formula is C4H6F3NO2. The molecule has 1 atom stereocenters. The van der Waals surface area contributed by atoms with Gasteiger partial charge in [0.25, 0.3) is 0 Å². The highest BCUT2D eigenvalue weighted by atomic mass is 19.3. The number of hydrogen-bond acceptors (Lipinski definition) is 2. The monoisotopic (exact) mass is 157 g/mol. The summed E-state index contributed by atoms with van der Waals surface area (Å²) in [7, 11) is 1.14. The highest BCUT2D eigenvalue weighted by molar-refractivity contribution is 5.66. The van der Waals surface area contributed by atoms with Gasteiger partial charge in [0.05, 0.1) is 0 Å². The van der Waals surface area contributed by atoms with Crippen LogP contribution >= 0.6 is 0 Å². The second-order valence-electron chi connectivity index (χ2n) is 1.34. The topological polar surface area (TPSA) is 38.3 Å². The van der Waals surface area contributed by atoms with Gasteiger partial charge in [-0.3, -0.25) is 0 Å². The molecule has 0 aliphatic carbocycles. The fraction of sp³-hybridized carbons (Fsp3) is 0.750. The van der Waals surface area contributed by atoms with Gasteiger partial charge in [-0.2, -0.15) is 4.39 Å². The van der Waals surface area contributed by atoms with E-state index >= 15 is 0 Å². The maximum absolute atomic E-state index is 11.7. The lowest BCUT2D eigenvalue weighted by atomic mass is 10.7. The SMILES string of the molecule is CNC(=O)OC(F)C(F)F.